The molecular formula is C13H25N3. The van der Waals surface area contributed by atoms with Crippen LogP contribution in [0, 0.1) is 0 Å². The Balaban J connectivity index is 2.00. The van der Waals surface area contributed by atoms with E-state index in [-0.39, 0.29) is 0 Å². The highest BCUT2D eigenvalue weighted by molar-refractivity contribution is 5.80. The van der Waals surface area contributed by atoms with Gasteiger partial charge in [0.1, 0.15) is 0 Å². The molecule has 0 spiro atoms. The van der Waals surface area contributed by atoms with Gasteiger partial charge in [-0.05, 0) is 19.3 Å². The fraction of sp³-hybridized carbons (Fsp3) is 0.923. The number of hydrogen-bond acceptors (Lipinski definition) is 3. The summed E-state index contributed by atoms with van der Waals surface area (Å²) in [6.07, 6.45) is 10.6. The third kappa shape index (κ3) is 2.50. The van der Waals surface area contributed by atoms with Gasteiger partial charge in [0, 0.05) is 6.04 Å². The Kier molecular flexibility index (Phi) is 4.08. The topological polar surface area (TPSA) is 41.6 Å². The third-order valence-electron chi connectivity index (χ3n) is 3.96. The van der Waals surface area contributed by atoms with E-state index in [4.69, 9.17) is 5.73 Å². The Hall–Kier alpha value is -0.730. The van der Waals surface area contributed by atoms with Crippen LogP contribution in [-0.4, -0.2) is 29.5 Å². The normalized spacial score (nSPS) is 27.9. The van der Waals surface area contributed by atoms with Crippen molar-refractivity contribution in [2.45, 2.75) is 70.4 Å². The Morgan fingerprint density at radius 2 is 1.94 bits per heavy atom. The van der Waals surface area contributed by atoms with Crippen LogP contribution in [0.3, 0.4) is 0 Å². The first-order valence-electron chi connectivity index (χ1n) is 6.91. The zero-order valence-corrected chi connectivity index (χ0v) is 10.5. The molecule has 0 bridgehead atoms. The zero-order valence-electron chi connectivity index (χ0n) is 10.5. The molecule has 1 fully saturated rings. The molecule has 0 radical (unpaired) electrons. The molecule has 3 heteroatoms. The molecule has 2 N–H and O–H groups in total. The van der Waals surface area contributed by atoms with Crippen LogP contribution in [0.25, 0.3) is 0 Å². The largest absolute Gasteiger partial charge is 0.370 e. The Morgan fingerprint density at radius 3 is 2.56 bits per heavy atom. The second-order valence-corrected chi connectivity index (χ2v) is 5.19. The predicted octanol–water partition coefficient (Wildman–Crippen LogP) is 2.51. The molecule has 2 rings (SSSR count). The predicted molar refractivity (Wildman–Crippen MR) is 68.5 cm³/mol. The van der Waals surface area contributed by atoms with Crippen molar-refractivity contribution in [3.63, 3.8) is 0 Å². The summed E-state index contributed by atoms with van der Waals surface area (Å²) in [5, 5.41) is 0. The summed E-state index contributed by atoms with van der Waals surface area (Å²) in [6.45, 7) is 3.18. The first kappa shape index (κ1) is 11.7. The summed E-state index contributed by atoms with van der Waals surface area (Å²) in [4.78, 5) is 6.88. The van der Waals surface area contributed by atoms with E-state index in [2.05, 4.69) is 16.8 Å². The van der Waals surface area contributed by atoms with Crippen LogP contribution >= 0.6 is 0 Å². The quantitative estimate of drug-likeness (QED) is 0.747. The monoisotopic (exact) mass is 223 g/mol. The van der Waals surface area contributed by atoms with Crippen molar-refractivity contribution in [3.05, 3.63) is 0 Å². The molecule has 1 heterocycles. The second-order valence-electron chi connectivity index (χ2n) is 5.19. The van der Waals surface area contributed by atoms with Crippen molar-refractivity contribution in [1.82, 2.24) is 4.90 Å². The van der Waals surface area contributed by atoms with E-state index in [1.807, 2.05) is 0 Å². The summed E-state index contributed by atoms with van der Waals surface area (Å²) in [7, 11) is 0. The molecule has 0 amide bonds. The van der Waals surface area contributed by atoms with E-state index in [1.54, 1.807) is 0 Å². The molecule has 1 saturated carbocycles. The van der Waals surface area contributed by atoms with E-state index >= 15 is 0 Å². The molecule has 1 aliphatic carbocycles. The lowest BCUT2D eigenvalue weighted by molar-refractivity contribution is 0.225. The van der Waals surface area contributed by atoms with Crippen molar-refractivity contribution < 1.29 is 0 Å². The SMILES string of the molecule is CCCC1CN=C(N)N1C1CCCCCC1. The minimum absolute atomic E-state index is 0.591. The molecule has 0 aromatic carbocycles. The van der Waals surface area contributed by atoms with Crippen molar-refractivity contribution in [2.75, 3.05) is 6.54 Å². The highest BCUT2D eigenvalue weighted by atomic mass is 15.3. The first-order valence-corrected chi connectivity index (χ1v) is 6.91. The van der Waals surface area contributed by atoms with E-state index in [0.717, 1.165) is 12.5 Å². The fourth-order valence-electron chi connectivity index (χ4n) is 3.14. The van der Waals surface area contributed by atoms with Crippen molar-refractivity contribution in [1.29, 1.82) is 0 Å². The van der Waals surface area contributed by atoms with Crippen LogP contribution < -0.4 is 5.73 Å². The zero-order chi connectivity index (χ0) is 11.4. The lowest BCUT2D eigenvalue weighted by Gasteiger charge is -2.34. The second kappa shape index (κ2) is 5.55. The molecule has 0 saturated heterocycles. The molecule has 92 valence electrons. The van der Waals surface area contributed by atoms with Crippen LogP contribution in [0.5, 0.6) is 0 Å². The van der Waals surface area contributed by atoms with Gasteiger partial charge in [0.15, 0.2) is 5.96 Å². The van der Waals surface area contributed by atoms with Crippen LogP contribution in [0.1, 0.15) is 58.3 Å². The Morgan fingerprint density at radius 1 is 1.25 bits per heavy atom. The molecule has 3 nitrogen and oxygen atoms in total. The van der Waals surface area contributed by atoms with Crippen molar-refractivity contribution in [2.24, 2.45) is 10.7 Å². The van der Waals surface area contributed by atoms with Crippen LogP contribution in [0.15, 0.2) is 4.99 Å². The van der Waals surface area contributed by atoms with Gasteiger partial charge in [-0.25, -0.2) is 0 Å². The van der Waals surface area contributed by atoms with Gasteiger partial charge in [0.05, 0.1) is 12.6 Å². The molecular weight excluding hydrogens is 198 g/mol. The smallest absolute Gasteiger partial charge is 0.191 e. The summed E-state index contributed by atoms with van der Waals surface area (Å²) >= 11 is 0. The minimum atomic E-state index is 0.591. The average Bonchev–Trinajstić information content (AvgIpc) is 2.53. The fourth-order valence-corrected chi connectivity index (χ4v) is 3.14. The number of aliphatic imine (C=N–C) groups is 1. The highest BCUT2D eigenvalue weighted by Gasteiger charge is 2.31. The summed E-state index contributed by atoms with van der Waals surface area (Å²) in [6, 6.07) is 1.26. The van der Waals surface area contributed by atoms with Gasteiger partial charge in [0.25, 0.3) is 0 Å². The number of nitrogens with zero attached hydrogens (tertiary/aromatic N) is 2. The van der Waals surface area contributed by atoms with Crippen molar-refractivity contribution in [3.8, 4) is 0 Å². The lowest BCUT2D eigenvalue weighted by atomic mass is 10.0. The number of nitrogens with two attached hydrogens (primary N) is 1. The molecule has 1 aliphatic heterocycles. The van der Waals surface area contributed by atoms with Gasteiger partial charge in [-0.2, -0.15) is 0 Å². The molecule has 16 heavy (non-hydrogen) atoms. The van der Waals surface area contributed by atoms with Crippen molar-refractivity contribution >= 4 is 5.96 Å². The molecule has 1 atom stereocenters. The maximum atomic E-state index is 6.06. The number of guanidine groups is 1. The summed E-state index contributed by atoms with van der Waals surface area (Å²) in [5.74, 6) is 0.811. The lowest BCUT2D eigenvalue weighted by Crippen LogP contribution is -2.47. The average molecular weight is 223 g/mol. The van der Waals surface area contributed by atoms with E-state index < -0.39 is 0 Å². The van der Waals surface area contributed by atoms with E-state index in [9.17, 15) is 0 Å². The van der Waals surface area contributed by atoms with Crippen LogP contribution in [-0.2, 0) is 0 Å². The Labute approximate surface area is 99.1 Å². The van der Waals surface area contributed by atoms with Crippen LogP contribution in [0.2, 0.25) is 0 Å². The summed E-state index contributed by atoms with van der Waals surface area (Å²) in [5.41, 5.74) is 6.06. The van der Waals surface area contributed by atoms with E-state index in [0.29, 0.717) is 12.1 Å². The molecule has 0 aromatic heterocycles. The van der Waals surface area contributed by atoms with E-state index in [1.165, 1.54) is 51.4 Å². The molecule has 0 aromatic rings. The Bertz CT molecular complexity index is 242. The standard InChI is InChI=1S/C13H25N3/c1-2-7-12-10-15-13(14)16(12)11-8-5-3-4-6-9-11/h11-12H,2-10H2,1H3,(H2,14,15). The van der Waals surface area contributed by atoms with Crippen LogP contribution in [0.4, 0.5) is 0 Å². The maximum Gasteiger partial charge on any atom is 0.191 e. The van der Waals surface area contributed by atoms with Gasteiger partial charge in [-0.3, -0.25) is 4.99 Å². The summed E-state index contributed by atoms with van der Waals surface area (Å²) < 4.78 is 0. The van der Waals surface area contributed by atoms with Gasteiger partial charge in [0.2, 0.25) is 0 Å². The van der Waals surface area contributed by atoms with Gasteiger partial charge in [-0.15, -0.1) is 0 Å². The maximum absolute atomic E-state index is 6.06. The number of rotatable bonds is 3. The first-order chi connectivity index (χ1) is 7.83. The minimum Gasteiger partial charge on any atom is -0.370 e. The number of hydrogen-bond donors (Lipinski definition) is 1. The molecule has 2 aliphatic rings. The molecule has 1 unspecified atom stereocenters. The third-order valence-corrected chi connectivity index (χ3v) is 3.96. The van der Waals surface area contributed by atoms with Gasteiger partial charge >= 0.3 is 0 Å². The van der Waals surface area contributed by atoms with Gasteiger partial charge < -0.3 is 10.6 Å². The highest BCUT2D eigenvalue weighted by Crippen LogP contribution is 2.26. The van der Waals surface area contributed by atoms with Gasteiger partial charge in [-0.1, -0.05) is 39.0 Å².